The van der Waals surface area contributed by atoms with Gasteiger partial charge in [-0.3, -0.25) is 4.79 Å². The van der Waals surface area contributed by atoms with Gasteiger partial charge in [0.25, 0.3) is 0 Å². The summed E-state index contributed by atoms with van der Waals surface area (Å²) in [6.07, 6.45) is 2.93. The van der Waals surface area contributed by atoms with Crippen molar-refractivity contribution in [3.8, 4) is 5.75 Å². The molecule has 0 aliphatic heterocycles. The summed E-state index contributed by atoms with van der Waals surface area (Å²) in [5.41, 5.74) is 2.15. The highest BCUT2D eigenvalue weighted by molar-refractivity contribution is 6.32. The zero-order valence-corrected chi connectivity index (χ0v) is 12.7. The highest BCUT2D eigenvalue weighted by Gasteiger charge is 2.16. The standard InChI is InChI=1S/C15H19ClN2O2/c1-4-10(7-17-9(2)19)12-8-18-14-6-13(16)15(20-3)5-11(12)14/h5-6,8,10,18H,4,7H2,1-3H3,(H,17,19). The number of nitrogens with one attached hydrogen (secondary N) is 2. The summed E-state index contributed by atoms with van der Waals surface area (Å²) in [5, 5.41) is 4.55. The largest absolute Gasteiger partial charge is 0.495 e. The molecule has 1 heterocycles. The Balaban J connectivity index is 2.39. The maximum Gasteiger partial charge on any atom is 0.216 e. The van der Waals surface area contributed by atoms with Gasteiger partial charge in [0, 0.05) is 36.5 Å². The summed E-state index contributed by atoms with van der Waals surface area (Å²) in [6, 6.07) is 3.81. The van der Waals surface area contributed by atoms with Crippen LogP contribution in [0.4, 0.5) is 0 Å². The molecule has 20 heavy (non-hydrogen) atoms. The maximum atomic E-state index is 11.1. The van der Waals surface area contributed by atoms with Gasteiger partial charge >= 0.3 is 0 Å². The molecule has 1 atom stereocenters. The Morgan fingerprint density at radius 3 is 2.85 bits per heavy atom. The molecule has 0 fully saturated rings. The maximum absolute atomic E-state index is 11.1. The minimum Gasteiger partial charge on any atom is -0.495 e. The molecule has 5 heteroatoms. The molecule has 1 unspecified atom stereocenters. The van der Waals surface area contributed by atoms with Gasteiger partial charge < -0.3 is 15.0 Å². The molecular weight excluding hydrogens is 276 g/mol. The van der Waals surface area contributed by atoms with E-state index >= 15 is 0 Å². The van der Waals surface area contributed by atoms with E-state index in [1.807, 2.05) is 18.3 Å². The van der Waals surface area contributed by atoms with Crippen molar-refractivity contribution in [3.63, 3.8) is 0 Å². The van der Waals surface area contributed by atoms with Crippen LogP contribution in [0.5, 0.6) is 5.75 Å². The van der Waals surface area contributed by atoms with Crippen LogP contribution < -0.4 is 10.1 Å². The van der Waals surface area contributed by atoms with Crippen LogP contribution in [0.2, 0.25) is 5.02 Å². The lowest BCUT2D eigenvalue weighted by molar-refractivity contribution is -0.119. The highest BCUT2D eigenvalue weighted by Crippen LogP contribution is 2.34. The predicted octanol–water partition coefficient (Wildman–Crippen LogP) is 3.46. The molecule has 1 amide bonds. The van der Waals surface area contributed by atoms with Crippen molar-refractivity contribution in [1.82, 2.24) is 10.3 Å². The highest BCUT2D eigenvalue weighted by atomic mass is 35.5. The topological polar surface area (TPSA) is 54.1 Å². The average Bonchev–Trinajstić information content (AvgIpc) is 2.81. The van der Waals surface area contributed by atoms with Crippen LogP contribution in [0.25, 0.3) is 10.9 Å². The Kier molecular flexibility index (Phi) is 4.55. The van der Waals surface area contributed by atoms with E-state index in [4.69, 9.17) is 16.3 Å². The molecular formula is C15H19ClN2O2. The summed E-state index contributed by atoms with van der Waals surface area (Å²) in [4.78, 5) is 14.3. The summed E-state index contributed by atoms with van der Waals surface area (Å²) in [7, 11) is 1.61. The van der Waals surface area contributed by atoms with E-state index < -0.39 is 0 Å². The number of fused-ring (bicyclic) bond motifs is 1. The number of hydrogen-bond donors (Lipinski definition) is 2. The van der Waals surface area contributed by atoms with Crippen LogP contribution in [-0.4, -0.2) is 24.5 Å². The van der Waals surface area contributed by atoms with Gasteiger partial charge in [0.1, 0.15) is 5.75 Å². The smallest absolute Gasteiger partial charge is 0.216 e. The van der Waals surface area contributed by atoms with Crippen molar-refractivity contribution < 1.29 is 9.53 Å². The number of ether oxygens (including phenoxy) is 1. The van der Waals surface area contributed by atoms with Gasteiger partial charge in [0.2, 0.25) is 5.91 Å². The molecule has 0 bridgehead atoms. The lowest BCUT2D eigenvalue weighted by Crippen LogP contribution is -2.25. The minimum atomic E-state index is -0.0103. The third-order valence-electron chi connectivity index (χ3n) is 3.52. The number of amides is 1. The monoisotopic (exact) mass is 294 g/mol. The zero-order valence-electron chi connectivity index (χ0n) is 11.9. The number of carbonyl (C=O) groups is 1. The lowest BCUT2D eigenvalue weighted by Gasteiger charge is -2.15. The van der Waals surface area contributed by atoms with E-state index in [1.54, 1.807) is 7.11 Å². The van der Waals surface area contributed by atoms with Crippen molar-refractivity contribution in [2.75, 3.05) is 13.7 Å². The first-order valence-electron chi connectivity index (χ1n) is 6.65. The van der Waals surface area contributed by atoms with E-state index in [0.717, 1.165) is 17.3 Å². The number of hydrogen-bond acceptors (Lipinski definition) is 2. The second-order valence-electron chi connectivity index (χ2n) is 4.82. The third-order valence-corrected chi connectivity index (χ3v) is 3.81. The molecule has 108 valence electrons. The van der Waals surface area contributed by atoms with Gasteiger partial charge in [0.15, 0.2) is 0 Å². The second kappa shape index (κ2) is 6.18. The Labute approximate surface area is 123 Å². The predicted molar refractivity (Wildman–Crippen MR) is 81.6 cm³/mol. The Hall–Kier alpha value is -1.68. The molecule has 1 aromatic carbocycles. The van der Waals surface area contributed by atoms with Gasteiger partial charge in [-0.2, -0.15) is 0 Å². The summed E-state index contributed by atoms with van der Waals surface area (Å²) in [5.74, 6) is 0.914. The van der Waals surface area contributed by atoms with Crippen LogP contribution >= 0.6 is 11.6 Å². The van der Waals surface area contributed by atoms with Crippen LogP contribution in [0.15, 0.2) is 18.3 Å². The van der Waals surface area contributed by atoms with E-state index in [0.29, 0.717) is 17.3 Å². The molecule has 0 radical (unpaired) electrons. The van der Waals surface area contributed by atoms with Crippen molar-refractivity contribution >= 4 is 28.4 Å². The molecule has 0 aliphatic carbocycles. The first-order valence-corrected chi connectivity index (χ1v) is 7.03. The fourth-order valence-corrected chi connectivity index (χ4v) is 2.62. The average molecular weight is 295 g/mol. The van der Waals surface area contributed by atoms with E-state index in [2.05, 4.69) is 17.2 Å². The Morgan fingerprint density at radius 2 is 2.25 bits per heavy atom. The van der Waals surface area contributed by atoms with Crippen LogP contribution in [0.3, 0.4) is 0 Å². The van der Waals surface area contributed by atoms with E-state index in [1.165, 1.54) is 12.5 Å². The van der Waals surface area contributed by atoms with Crippen LogP contribution in [-0.2, 0) is 4.79 Å². The van der Waals surface area contributed by atoms with Crippen LogP contribution in [0, 0.1) is 0 Å². The second-order valence-corrected chi connectivity index (χ2v) is 5.23. The third kappa shape index (κ3) is 2.90. The van der Waals surface area contributed by atoms with Crippen molar-refractivity contribution in [2.24, 2.45) is 0 Å². The van der Waals surface area contributed by atoms with Crippen molar-refractivity contribution in [1.29, 1.82) is 0 Å². The Morgan fingerprint density at radius 1 is 1.50 bits per heavy atom. The molecule has 2 N–H and O–H groups in total. The number of carbonyl (C=O) groups excluding carboxylic acids is 1. The number of aromatic amines is 1. The quantitative estimate of drug-likeness (QED) is 0.887. The number of halogens is 1. The van der Waals surface area contributed by atoms with Crippen molar-refractivity contribution in [3.05, 3.63) is 28.9 Å². The number of methoxy groups -OCH3 is 1. The zero-order chi connectivity index (χ0) is 14.7. The molecule has 1 aromatic heterocycles. The number of benzene rings is 1. The summed E-state index contributed by atoms with van der Waals surface area (Å²) >= 11 is 6.13. The van der Waals surface area contributed by atoms with Gasteiger partial charge in [0.05, 0.1) is 12.1 Å². The molecule has 2 rings (SSSR count). The SMILES string of the molecule is CCC(CNC(C)=O)c1c[nH]c2cc(Cl)c(OC)cc12. The number of H-pyrrole nitrogens is 1. The molecule has 0 spiro atoms. The summed E-state index contributed by atoms with van der Waals surface area (Å²) in [6.45, 7) is 4.27. The molecule has 0 saturated heterocycles. The normalized spacial score (nSPS) is 12.4. The Bertz CT molecular complexity index is 622. The first-order chi connectivity index (χ1) is 9.56. The fourth-order valence-electron chi connectivity index (χ4n) is 2.38. The van der Waals surface area contributed by atoms with Crippen molar-refractivity contribution in [2.45, 2.75) is 26.2 Å². The molecule has 0 aliphatic rings. The lowest BCUT2D eigenvalue weighted by atomic mass is 9.96. The summed E-state index contributed by atoms with van der Waals surface area (Å²) < 4.78 is 5.27. The van der Waals surface area contributed by atoms with Gasteiger partial charge in [-0.25, -0.2) is 0 Å². The molecule has 4 nitrogen and oxygen atoms in total. The van der Waals surface area contributed by atoms with Gasteiger partial charge in [-0.1, -0.05) is 18.5 Å². The molecule has 2 aromatic rings. The van der Waals surface area contributed by atoms with E-state index in [-0.39, 0.29) is 11.8 Å². The van der Waals surface area contributed by atoms with Gasteiger partial charge in [-0.15, -0.1) is 0 Å². The number of rotatable bonds is 5. The van der Waals surface area contributed by atoms with Crippen LogP contribution in [0.1, 0.15) is 31.7 Å². The number of aromatic nitrogens is 1. The van der Waals surface area contributed by atoms with Gasteiger partial charge in [-0.05, 0) is 24.1 Å². The fraction of sp³-hybridized carbons (Fsp3) is 0.400. The minimum absolute atomic E-state index is 0.0103. The van der Waals surface area contributed by atoms with E-state index in [9.17, 15) is 4.79 Å². The molecule has 0 saturated carbocycles. The first kappa shape index (κ1) is 14.7.